The van der Waals surface area contributed by atoms with Crippen LogP contribution in [0.2, 0.25) is 0 Å². The first-order chi connectivity index (χ1) is 15.2. The summed E-state index contributed by atoms with van der Waals surface area (Å²) < 4.78 is 7.92. The second-order valence-electron chi connectivity index (χ2n) is 7.72. The molecular formula is C23H21N5O2S. The molecule has 4 aromatic rings. The van der Waals surface area contributed by atoms with E-state index >= 15 is 0 Å². The van der Waals surface area contributed by atoms with Crippen molar-refractivity contribution in [2.24, 2.45) is 5.92 Å². The van der Waals surface area contributed by atoms with Crippen LogP contribution in [0.3, 0.4) is 0 Å². The highest BCUT2D eigenvalue weighted by molar-refractivity contribution is 6.99. The first-order valence-corrected chi connectivity index (χ1v) is 11.0. The summed E-state index contributed by atoms with van der Waals surface area (Å²) >= 11 is 1.01. The topological polar surface area (TPSA) is 91.0 Å². The summed E-state index contributed by atoms with van der Waals surface area (Å²) in [6.07, 6.45) is 3.02. The molecule has 2 amide bonds. The highest BCUT2D eigenvalue weighted by Crippen LogP contribution is 2.27. The van der Waals surface area contributed by atoms with Gasteiger partial charge in [-0.25, -0.2) is 0 Å². The molecule has 1 fully saturated rings. The minimum Gasteiger partial charge on any atom is -0.355 e. The number of carbonyl (C=O) groups is 2. The molecule has 0 radical (unpaired) electrons. The van der Waals surface area contributed by atoms with Gasteiger partial charge in [-0.1, -0.05) is 30.3 Å². The Kier molecular flexibility index (Phi) is 5.21. The predicted octanol–water partition coefficient (Wildman–Crippen LogP) is 4.18. The van der Waals surface area contributed by atoms with Gasteiger partial charge in [0.2, 0.25) is 5.91 Å². The number of nitrogens with zero attached hydrogens (tertiary/aromatic N) is 3. The lowest BCUT2D eigenvalue weighted by atomic mass is 9.96. The maximum atomic E-state index is 12.9. The van der Waals surface area contributed by atoms with E-state index < -0.39 is 0 Å². The molecule has 7 nitrogen and oxygen atoms in total. The average Bonchev–Trinajstić information content (AvgIpc) is 3.49. The molecule has 1 unspecified atom stereocenters. The second-order valence-corrected chi connectivity index (χ2v) is 8.28. The molecule has 2 aromatic heterocycles. The molecule has 2 aromatic carbocycles. The normalized spacial score (nSPS) is 16.4. The van der Waals surface area contributed by atoms with E-state index in [0.717, 1.165) is 52.4 Å². The number of piperidine rings is 1. The van der Waals surface area contributed by atoms with Gasteiger partial charge < -0.3 is 15.2 Å². The van der Waals surface area contributed by atoms with Crippen molar-refractivity contribution in [2.45, 2.75) is 12.8 Å². The zero-order chi connectivity index (χ0) is 21.2. The van der Waals surface area contributed by atoms with E-state index in [1.165, 1.54) is 6.20 Å². The number of aromatic amines is 1. The van der Waals surface area contributed by atoms with Crippen molar-refractivity contribution in [1.29, 1.82) is 0 Å². The fraction of sp³-hybridized carbons (Fsp3) is 0.217. The van der Waals surface area contributed by atoms with Gasteiger partial charge in [-0.05, 0) is 37.1 Å². The lowest BCUT2D eigenvalue weighted by Crippen LogP contribution is -2.43. The van der Waals surface area contributed by atoms with Gasteiger partial charge in [-0.15, -0.1) is 0 Å². The van der Waals surface area contributed by atoms with Crippen molar-refractivity contribution in [3.63, 3.8) is 0 Å². The number of hydrogen-bond donors (Lipinski definition) is 2. The fourth-order valence-electron chi connectivity index (χ4n) is 4.03. The molecule has 8 heteroatoms. The maximum Gasteiger partial charge on any atom is 0.275 e. The predicted molar refractivity (Wildman–Crippen MR) is 121 cm³/mol. The largest absolute Gasteiger partial charge is 0.355 e. The van der Waals surface area contributed by atoms with Crippen molar-refractivity contribution < 1.29 is 9.59 Å². The summed E-state index contributed by atoms with van der Waals surface area (Å²) in [7, 11) is 0. The number of fused-ring (bicyclic) bond motifs is 1. The minimum absolute atomic E-state index is 0.0669. The molecule has 3 heterocycles. The van der Waals surface area contributed by atoms with Crippen molar-refractivity contribution in [1.82, 2.24) is 18.6 Å². The number of anilines is 1. The van der Waals surface area contributed by atoms with Gasteiger partial charge in [0.1, 0.15) is 0 Å². The first-order valence-electron chi connectivity index (χ1n) is 10.2. The average molecular weight is 432 g/mol. The van der Waals surface area contributed by atoms with Crippen LogP contribution in [-0.4, -0.2) is 43.5 Å². The number of amides is 2. The van der Waals surface area contributed by atoms with Crippen LogP contribution >= 0.6 is 11.7 Å². The molecule has 5 rings (SSSR count). The van der Waals surface area contributed by atoms with Gasteiger partial charge in [0.05, 0.1) is 23.8 Å². The zero-order valence-corrected chi connectivity index (χ0v) is 17.6. The Morgan fingerprint density at radius 2 is 2.03 bits per heavy atom. The Hall–Kier alpha value is -3.52. The summed E-state index contributed by atoms with van der Waals surface area (Å²) in [4.78, 5) is 30.6. The Labute approximate surface area is 183 Å². The van der Waals surface area contributed by atoms with E-state index in [2.05, 4.69) is 31.2 Å². The number of H-pyrrole nitrogens is 1. The highest BCUT2D eigenvalue weighted by Gasteiger charge is 2.29. The number of rotatable bonds is 4. The van der Waals surface area contributed by atoms with Gasteiger partial charge in [0, 0.05) is 40.9 Å². The lowest BCUT2D eigenvalue weighted by molar-refractivity contribution is -0.121. The SMILES string of the molecule is O=C(Nc1cccc(-c2cc3ccccc3[nH]2)c1)C1CCCN(C(=O)c2cnsn2)C1. The van der Waals surface area contributed by atoms with Crippen LogP contribution in [0.25, 0.3) is 22.2 Å². The van der Waals surface area contributed by atoms with Crippen LogP contribution in [0.1, 0.15) is 23.3 Å². The third kappa shape index (κ3) is 4.06. The molecule has 1 saturated heterocycles. The van der Waals surface area contributed by atoms with Gasteiger partial charge in [-0.2, -0.15) is 8.75 Å². The maximum absolute atomic E-state index is 12.9. The van der Waals surface area contributed by atoms with Crippen LogP contribution in [0.15, 0.2) is 60.8 Å². The van der Waals surface area contributed by atoms with Crippen molar-refractivity contribution in [3.05, 3.63) is 66.5 Å². The van der Waals surface area contributed by atoms with Crippen LogP contribution in [0, 0.1) is 5.92 Å². The molecule has 0 bridgehead atoms. The molecule has 31 heavy (non-hydrogen) atoms. The van der Waals surface area contributed by atoms with Crippen LogP contribution in [-0.2, 0) is 4.79 Å². The van der Waals surface area contributed by atoms with Crippen molar-refractivity contribution >= 4 is 40.1 Å². The minimum atomic E-state index is -0.249. The first kappa shape index (κ1) is 19.4. The van der Waals surface area contributed by atoms with Crippen LogP contribution in [0.4, 0.5) is 5.69 Å². The number of para-hydroxylation sites is 1. The van der Waals surface area contributed by atoms with Gasteiger partial charge in [0.15, 0.2) is 5.69 Å². The fourth-order valence-corrected chi connectivity index (χ4v) is 4.44. The van der Waals surface area contributed by atoms with Crippen molar-refractivity contribution in [2.75, 3.05) is 18.4 Å². The third-order valence-electron chi connectivity index (χ3n) is 5.63. The van der Waals surface area contributed by atoms with Crippen LogP contribution < -0.4 is 5.32 Å². The highest BCUT2D eigenvalue weighted by atomic mass is 32.1. The summed E-state index contributed by atoms with van der Waals surface area (Å²) in [5.74, 6) is -0.476. The number of aromatic nitrogens is 3. The lowest BCUT2D eigenvalue weighted by Gasteiger charge is -2.31. The Balaban J connectivity index is 1.29. The molecule has 156 valence electrons. The molecule has 0 spiro atoms. The van der Waals surface area contributed by atoms with E-state index in [1.54, 1.807) is 4.90 Å². The van der Waals surface area contributed by atoms with Crippen LogP contribution in [0.5, 0.6) is 0 Å². The molecule has 0 saturated carbocycles. The van der Waals surface area contributed by atoms with E-state index in [4.69, 9.17) is 0 Å². The zero-order valence-electron chi connectivity index (χ0n) is 16.7. The molecular weight excluding hydrogens is 410 g/mol. The van der Waals surface area contributed by atoms with Crippen molar-refractivity contribution in [3.8, 4) is 11.3 Å². The van der Waals surface area contributed by atoms with Gasteiger partial charge in [-0.3, -0.25) is 9.59 Å². The van der Waals surface area contributed by atoms with E-state index in [1.807, 2.05) is 42.5 Å². The Bertz CT molecular complexity index is 1200. The second kappa shape index (κ2) is 8.31. The monoisotopic (exact) mass is 431 g/mol. The number of hydrogen-bond acceptors (Lipinski definition) is 5. The molecule has 2 N–H and O–H groups in total. The smallest absolute Gasteiger partial charge is 0.275 e. The van der Waals surface area contributed by atoms with E-state index in [-0.39, 0.29) is 17.7 Å². The Morgan fingerprint density at radius 3 is 2.87 bits per heavy atom. The molecule has 1 aliphatic heterocycles. The van der Waals surface area contributed by atoms with Gasteiger partial charge in [0.25, 0.3) is 5.91 Å². The number of benzene rings is 2. The van der Waals surface area contributed by atoms with E-state index in [9.17, 15) is 9.59 Å². The quantitative estimate of drug-likeness (QED) is 0.507. The summed E-state index contributed by atoms with van der Waals surface area (Å²) in [5.41, 5.74) is 4.17. The third-order valence-corrected chi connectivity index (χ3v) is 6.11. The summed E-state index contributed by atoms with van der Waals surface area (Å²) in [6.45, 7) is 1.03. The standard InChI is InChI=1S/C23H21N5O2S/c29-22(17-7-4-10-28(14-17)23(30)21-13-24-31-27-21)25-18-8-3-6-15(11-18)20-12-16-5-1-2-9-19(16)26-20/h1-3,5-6,8-9,11-13,17,26H,4,7,10,14H2,(H,25,29). The summed E-state index contributed by atoms with van der Waals surface area (Å²) in [5, 5.41) is 4.18. The molecule has 0 aliphatic carbocycles. The van der Waals surface area contributed by atoms with E-state index in [0.29, 0.717) is 18.8 Å². The molecule has 1 aliphatic rings. The van der Waals surface area contributed by atoms with Gasteiger partial charge >= 0.3 is 0 Å². The Morgan fingerprint density at radius 1 is 1.13 bits per heavy atom. The number of likely N-dealkylation sites (tertiary alicyclic amines) is 1. The number of carbonyl (C=O) groups excluding carboxylic acids is 2. The molecule has 1 atom stereocenters. The summed E-state index contributed by atoms with van der Waals surface area (Å²) in [6, 6.07) is 18.0. The number of nitrogens with one attached hydrogen (secondary N) is 2.